The van der Waals surface area contributed by atoms with Crippen molar-refractivity contribution in [3.05, 3.63) is 42.2 Å². The number of nitrogens with zero attached hydrogens (tertiary/aromatic N) is 3. The van der Waals surface area contributed by atoms with Crippen LogP contribution in [0.15, 0.2) is 36.5 Å². The van der Waals surface area contributed by atoms with Crippen LogP contribution >= 0.6 is 0 Å². The van der Waals surface area contributed by atoms with Crippen LogP contribution in [0.3, 0.4) is 0 Å². The number of hydrogen-bond donors (Lipinski definition) is 1. The zero-order valence-electron chi connectivity index (χ0n) is 13.6. The standard InChI is InChI=1S/C18H20N4O2/c1-13(23)22-10-8-14(9-11-22)21-18(24)7-6-15-12-19-16-4-2-3-5-17(16)20-15/h2-7,12,14H,8-11H2,1H3,(H,21,24)/b7-6-. The first-order valence-electron chi connectivity index (χ1n) is 8.08. The van der Waals surface area contributed by atoms with Crippen LogP contribution in [0.25, 0.3) is 17.1 Å². The minimum atomic E-state index is -0.147. The third kappa shape index (κ3) is 3.95. The summed E-state index contributed by atoms with van der Waals surface area (Å²) in [5.74, 6) is -0.0548. The highest BCUT2D eigenvalue weighted by Crippen LogP contribution is 2.11. The van der Waals surface area contributed by atoms with E-state index < -0.39 is 0 Å². The van der Waals surface area contributed by atoms with Crippen molar-refractivity contribution < 1.29 is 9.59 Å². The Morgan fingerprint density at radius 1 is 1.21 bits per heavy atom. The Hall–Kier alpha value is -2.76. The van der Waals surface area contributed by atoms with Crippen LogP contribution in [-0.2, 0) is 9.59 Å². The molecular weight excluding hydrogens is 304 g/mol. The normalized spacial score (nSPS) is 15.8. The first-order valence-corrected chi connectivity index (χ1v) is 8.08. The molecule has 0 unspecified atom stereocenters. The largest absolute Gasteiger partial charge is 0.350 e. The van der Waals surface area contributed by atoms with E-state index in [0.29, 0.717) is 18.8 Å². The highest BCUT2D eigenvalue weighted by Gasteiger charge is 2.21. The highest BCUT2D eigenvalue weighted by atomic mass is 16.2. The van der Waals surface area contributed by atoms with Gasteiger partial charge < -0.3 is 10.2 Å². The lowest BCUT2D eigenvalue weighted by Gasteiger charge is -2.31. The van der Waals surface area contributed by atoms with Gasteiger partial charge in [0, 0.05) is 32.1 Å². The van der Waals surface area contributed by atoms with Crippen LogP contribution < -0.4 is 5.32 Å². The SMILES string of the molecule is CC(=O)N1CCC(NC(=O)/C=C\c2cnc3ccccc3n2)CC1. The van der Waals surface area contributed by atoms with E-state index in [2.05, 4.69) is 15.3 Å². The van der Waals surface area contributed by atoms with Crippen LogP contribution in [0.1, 0.15) is 25.5 Å². The lowest BCUT2D eigenvalue weighted by atomic mass is 10.1. The van der Waals surface area contributed by atoms with Crippen LogP contribution in [0, 0.1) is 0 Å². The molecule has 0 spiro atoms. The van der Waals surface area contributed by atoms with Crippen molar-refractivity contribution >= 4 is 28.9 Å². The number of fused-ring (bicyclic) bond motifs is 1. The molecule has 1 aromatic heterocycles. The summed E-state index contributed by atoms with van der Waals surface area (Å²) < 4.78 is 0. The number of benzene rings is 1. The van der Waals surface area contributed by atoms with Crippen molar-refractivity contribution in [1.29, 1.82) is 0 Å². The van der Waals surface area contributed by atoms with Crippen LogP contribution in [0.5, 0.6) is 0 Å². The Balaban J connectivity index is 1.56. The Morgan fingerprint density at radius 3 is 2.62 bits per heavy atom. The van der Waals surface area contributed by atoms with Crippen molar-refractivity contribution in [2.45, 2.75) is 25.8 Å². The first kappa shape index (κ1) is 16.1. The highest BCUT2D eigenvalue weighted by molar-refractivity contribution is 5.91. The Bertz CT molecular complexity index is 779. The molecule has 0 bridgehead atoms. The molecule has 2 aromatic rings. The van der Waals surface area contributed by atoms with Gasteiger partial charge in [0.05, 0.1) is 22.9 Å². The summed E-state index contributed by atoms with van der Waals surface area (Å²) in [6.45, 7) is 2.96. The van der Waals surface area contributed by atoms with Gasteiger partial charge in [-0.25, -0.2) is 4.98 Å². The average molecular weight is 324 g/mol. The molecule has 2 heterocycles. The third-order valence-electron chi connectivity index (χ3n) is 4.16. The predicted molar refractivity (Wildman–Crippen MR) is 92.0 cm³/mol. The van der Waals surface area contributed by atoms with E-state index in [1.807, 2.05) is 29.2 Å². The zero-order valence-corrected chi connectivity index (χ0v) is 13.6. The second-order valence-corrected chi connectivity index (χ2v) is 5.91. The molecule has 1 aromatic carbocycles. The number of para-hydroxylation sites is 2. The van der Waals surface area contributed by atoms with Crippen molar-refractivity contribution in [1.82, 2.24) is 20.2 Å². The summed E-state index contributed by atoms with van der Waals surface area (Å²) >= 11 is 0. The Kier molecular flexibility index (Phi) is 4.84. The second-order valence-electron chi connectivity index (χ2n) is 5.91. The molecular formula is C18H20N4O2. The Labute approximate surface area is 140 Å². The van der Waals surface area contributed by atoms with Crippen LogP contribution in [0.4, 0.5) is 0 Å². The number of rotatable bonds is 3. The van der Waals surface area contributed by atoms with E-state index in [9.17, 15) is 9.59 Å². The van der Waals surface area contributed by atoms with E-state index in [1.165, 1.54) is 6.08 Å². The van der Waals surface area contributed by atoms with E-state index in [-0.39, 0.29) is 17.9 Å². The van der Waals surface area contributed by atoms with Gasteiger partial charge in [0.1, 0.15) is 0 Å². The minimum absolute atomic E-state index is 0.0922. The third-order valence-corrected chi connectivity index (χ3v) is 4.16. The fraction of sp³-hybridized carbons (Fsp3) is 0.333. The van der Waals surface area contributed by atoms with Gasteiger partial charge in [-0.2, -0.15) is 0 Å². The van der Waals surface area contributed by atoms with Crippen molar-refractivity contribution in [3.8, 4) is 0 Å². The van der Waals surface area contributed by atoms with E-state index in [4.69, 9.17) is 0 Å². The molecule has 3 rings (SSSR count). The second kappa shape index (κ2) is 7.21. The summed E-state index contributed by atoms with van der Waals surface area (Å²) in [6, 6.07) is 7.72. The topological polar surface area (TPSA) is 75.2 Å². The number of carbonyl (C=O) groups excluding carboxylic acids is 2. The fourth-order valence-corrected chi connectivity index (χ4v) is 2.80. The van der Waals surface area contributed by atoms with Crippen molar-refractivity contribution in [2.24, 2.45) is 0 Å². The molecule has 0 radical (unpaired) electrons. The van der Waals surface area contributed by atoms with Gasteiger partial charge in [-0.05, 0) is 31.1 Å². The fourth-order valence-electron chi connectivity index (χ4n) is 2.80. The number of amides is 2. The smallest absolute Gasteiger partial charge is 0.244 e. The lowest BCUT2D eigenvalue weighted by Crippen LogP contribution is -2.45. The molecule has 0 atom stereocenters. The summed E-state index contributed by atoms with van der Waals surface area (Å²) in [6.07, 6.45) is 6.37. The summed E-state index contributed by atoms with van der Waals surface area (Å²) in [4.78, 5) is 33.9. The van der Waals surface area contributed by atoms with Crippen LogP contribution in [0.2, 0.25) is 0 Å². The number of aromatic nitrogens is 2. The Morgan fingerprint density at radius 2 is 1.92 bits per heavy atom. The maximum atomic E-state index is 12.0. The van der Waals surface area contributed by atoms with Crippen molar-refractivity contribution in [2.75, 3.05) is 13.1 Å². The summed E-state index contributed by atoms with van der Waals surface area (Å²) in [5, 5.41) is 2.97. The van der Waals surface area contributed by atoms with Gasteiger partial charge in [0.25, 0.3) is 0 Å². The molecule has 1 N–H and O–H groups in total. The van der Waals surface area contributed by atoms with Gasteiger partial charge >= 0.3 is 0 Å². The molecule has 0 saturated carbocycles. The van der Waals surface area contributed by atoms with Gasteiger partial charge in [0.2, 0.25) is 11.8 Å². The number of nitrogens with one attached hydrogen (secondary N) is 1. The molecule has 1 saturated heterocycles. The van der Waals surface area contributed by atoms with Crippen molar-refractivity contribution in [3.63, 3.8) is 0 Å². The number of piperidine rings is 1. The van der Waals surface area contributed by atoms with E-state index in [0.717, 1.165) is 23.9 Å². The van der Waals surface area contributed by atoms with Gasteiger partial charge in [-0.1, -0.05) is 12.1 Å². The monoisotopic (exact) mass is 324 g/mol. The van der Waals surface area contributed by atoms with Gasteiger partial charge in [-0.3, -0.25) is 14.6 Å². The maximum Gasteiger partial charge on any atom is 0.244 e. The molecule has 1 aliphatic rings. The van der Waals surface area contributed by atoms with E-state index >= 15 is 0 Å². The quantitative estimate of drug-likeness (QED) is 0.873. The molecule has 24 heavy (non-hydrogen) atoms. The van der Waals surface area contributed by atoms with E-state index in [1.54, 1.807) is 19.2 Å². The molecule has 1 aliphatic heterocycles. The molecule has 0 aliphatic carbocycles. The number of hydrogen-bond acceptors (Lipinski definition) is 4. The predicted octanol–water partition coefficient (Wildman–Crippen LogP) is 1.77. The van der Waals surface area contributed by atoms with Crippen LogP contribution in [-0.4, -0.2) is 45.8 Å². The molecule has 6 heteroatoms. The van der Waals surface area contributed by atoms with Gasteiger partial charge in [-0.15, -0.1) is 0 Å². The molecule has 124 valence electrons. The number of likely N-dealkylation sites (tertiary alicyclic amines) is 1. The molecule has 2 amide bonds. The molecule has 6 nitrogen and oxygen atoms in total. The summed E-state index contributed by atoms with van der Waals surface area (Å²) in [5.41, 5.74) is 2.28. The minimum Gasteiger partial charge on any atom is -0.350 e. The number of carbonyl (C=O) groups is 2. The lowest BCUT2D eigenvalue weighted by molar-refractivity contribution is -0.129. The maximum absolute atomic E-state index is 12.0. The zero-order chi connectivity index (χ0) is 16.9. The average Bonchev–Trinajstić information content (AvgIpc) is 2.60. The van der Waals surface area contributed by atoms with Gasteiger partial charge in [0.15, 0.2) is 0 Å². The summed E-state index contributed by atoms with van der Waals surface area (Å²) in [7, 11) is 0. The molecule has 1 fully saturated rings. The first-order chi connectivity index (χ1) is 11.6.